The Balaban J connectivity index is 2.08. The van der Waals surface area contributed by atoms with Gasteiger partial charge in [-0.15, -0.1) is 0 Å². The molecule has 3 nitrogen and oxygen atoms in total. The molecule has 2 unspecified atom stereocenters. The normalized spacial score (nSPS) is 21.4. The number of aliphatic hydroxyl groups is 1. The second-order valence-corrected chi connectivity index (χ2v) is 5.63. The number of piperidine rings is 1. The van der Waals surface area contributed by atoms with E-state index in [-0.39, 0.29) is 11.7 Å². The lowest BCUT2D eigenvalue weighted by Crippen LogP contribution is -2.40. The summed E-state index contributed by atoms with van der Waals surface area (Å²) in [5.41, 5.74) is 1.06. The molecule has 0 aliphatic carbocycles. The Hall–Kier alpha value is -1.44. The lowest BCUT2D eigenvalue weighted by Gasteiger charge is -2.36. The molecule has 1 aliphatic rings. The van der Waals surface area contributed by atoms with E-state index in [1.54, 1.807) is 12.1 Å². The third-order valence-corrected chi connectivity index (χ3v) is 3.90. The number of nitriles is 1. The van der Waals surface area contributed by atoms with Gasteiger partial charge in [0.2, 0.25) is 0 Å². The minimum atomic E-state index is -0.463. The van der Waals surface area contributed by atoms with Gasteiger partial charge in [0.1, 0.15) is 11.9 Å². The molecular weight excluding hydrogens is 255 g/mol. The minimum absolute atomic E-state index is 0.103. The maximum absolute atomic E-state index is 13.3. The van der Waals surface area contributed by atoms with Crippen molar-refractivity contribution in [1.29, 1.82) is 5.26 Å². The number of hydrogen-bond acceptors (Lipinski definition) is 3. The molecule has 0 amide bonds. The van der Waals surface area contributed by atoms with Crippen LogP contribution in [0.3, 0.4) is 0 Å². The molecule has 1 N–H and O–H groups in total. The van der Waals surface area contributed by atoms with Gasteiger partial charge in [-0.25, -0.2) is 4.39 Å². The summed E-state index contributed by atoms with van der Waals surface area (Å²) in [5, 5.41) is 18.5. The highest BCUT2D eigenvalue weighted by molar-refractivity contribution is 5.34. The van der Waals surface area contributed by atoms with Crippen LogP contribution in [0.4, 0.5) is 4.39 Å². The molecular formula is C16H21FN2O. The summed E-state index contributed by atoms with van der Waals surface area (Å²) in [7, 11) is 0. The fraction of sp³-hybridized carbons (Fsp3) is 0.562. The van der Waals surface area contributed by atoms with Gasteiger partial charge in [-0.1, -0.05) is 12.5 Å². The summed E-state index contributed by atoms with van der Waals surface area (Å²) < 4.78 is 13.3. The van der Waals surface area contributed by atoms with Gasteiger partial charge in [-0.3, -0.25) is 4.90 Å². The van der Waals surface area contributed by atoms with Crippen molar-refractivity contribution in [2.75, 3.05) is 6.54 Å². The zero-order valence-electron chi connectivity index (χ0n) is 11.8. The van der Waals surface area contributed by atoms with Gasteiger partial charge >= 0.3 is 0 Å². The Morgan fingerprint density at radius 3 is 3.00 bits per heavy atom. The largest absolute Gasteiger partial charge is 0.393 e. The first-order valence-electron chi connectivity index (χ1n) is 7.21. The van der Waals surface area contributed by atoms with E-state index in [2.05, 4.69) is 4.90 Å². The summed E-state index contributed by atoms with van der Waals surface area (Å²) in [5.74, 6) is -0.463. The summed E-state index contributed by atoms with van der Waals surface area (Å²) >= 11 is 0. The molecule has 0 bridgehead atoms. The van der Waals surface area contributed by atoms with Gasteiger partial charge in [-0.05, 0) is 50.4 Å². The third-order valence-electron chi connectivity index (χ3n) is 3.90. The van der Waals surface area contributed by atoms with E-state index < -0.39 is 5.82 Å². The maximum atomic E-state index is 13.3. The van der Waals surface area contributed by atoms with Crippen LogP contribution in [-0.4, -0.2) is 28.7 Å². The van der Waals surface area contributed by atoms with E-state index in [9.17, 15) is 9.50 Å². The molecule has 1 aliphatic heterocycles. The standard InChI is InChI=1S/C16H21FN2O/c1-12(20)8-15-4-2-3-7-19(15)11-13-5-6-16(17)14(9-13)10-18/h5-6,9,12,15,20H,2-4,7-8,11H2,1H3. The zero-order valence-corrected chi connectivity index (χ0v) is 11.8. The lowest BCUT2D eigenvalue weighted by molar-refractivity contribution is 0.0817. The minimum Gasteiger partial charge on any atom is -0.393 e. The second kappa shape index (κ2) is 6.83. The van der Waals surface area contributed by atoms with Crippen molar-refractivity contribution in [2.24, 2.45) is 0 Å². The summed E-state index contributed by atoms with van der Waals surface area (Å²) in [6.07, 6.45) is 3.91. The lowest BCUT2D eigenvalue weighted by atomic mass is 9.96. The number of hydrogen-bond donors (Lipinski definition) is 1. The molecule has 0 aromatic heterocycles. The monoisotopic (exact) mass is 276 g/mol. The molecule has 0 radical (unpaired) electrons. The molecule has 20 heavy (non-hydrogen) atoms. The molecule has 1 fully saturated rings. The zero-order chi connectivity index (χ0) is 14.5. The van der Waals surface area contributed by atoms with E-state index in [0.29, 0.717) is 12.6 Å². The first kappa shape index (κ1) is 15.0. The first-order chi connectivity index (χ1) is 9.60. The van der Waals surface area contributed by atoms with E-state index in [4.69, 9.17) is 5.26 Å². The van der Waals surface area contributed by atoms with E-state index in [1.807, 2.05) is 13.0 Å². The highest BCUT2D eigenvalue weighted by Gasteiger charge is 2.23. The average Bonchev–Trinajstić information content (AvgIpc) is 2.42. The predicted octanol–water partition coefficient (Wildman–Crippen LogP) is 2.82. The van der Waals surface area contributed by atoms with Gasteiger partial charge in [0, 0.05) is 12.6 Å². The highest BCUT2D eigenvalue weighted by Crippen LogP contribution is 2.23. The van der Waals surface area contributed by atoms with E-state index in [0.717, 1.165) is 31.4 Å². The van der Waals surface area contributed by atoms with Crippen LogP contribution in [0.2, 0.25) is 0 Å². The Labute approximate surface area is 119 Å². The number of aliphatic hydroxyl groups excluding tert-OH is 1. The number of benzene rings is 1. The van der Waals surface area contributed by atoms with Crippen LogP contribution in [0.15, 0.2) is 18.2 Å². The fourth-order valence-corrected chi connectivity index (χ4v) is 2.92. The smallest absolute Gasteiger partial charge is 0.140 e. The molecule has 1 saturated heterocycles. The van der Waals surface area contributed by atoms with Gasteiger partial charge in [0.15, 0.2) is 0 Å². The van der Waals surface area contributed by atoms with Gasteiger partial charge in [0.05, 0.1) is 11.7 Å². The molecule has 0 spiro atoms. The maximum Gasteiger partial charge on any atom is 0.140 e. The van der Waals surface area contributed by atoms with Crippen LogP contribution in [-0.2, 0) is 6.54 Å². The number of rotatable bonds is 4. The van der Waals surface area contributed by atoms with Crippen molar-refractivity contribution >= 4 is 0 Å². The summed E-state index contributed by atoms with van der Waals surface area (Å²) in [6.45, 7) is 3.53. The predicted molar refractivity (Wildman–Crippen MR) is 75.5 cm³/mol. The Bertz CT molecular complexity index is 496. The van der Waals surface area contributed by atoms with Crippen molar-refractivity contribution in [2.45, 2.75) is 51.3 Å². The topological polar surface area (TPSA) is 47.3 Å². The van der Waals surface area contributed by atoms with Gasteiger partial charge < -0.3 is 5.11 Å². The summed E-state index contributed by atoms with van der Waals surface area (Å²) in [6, 6.07) is 6.99. The molecule has 2 atom stereocenters. The first-order valence-corrected chi connectivity index (χ1v) is 7.21. The number of likely N-dealkylation sites (tertiary alicyclic amines) is 1. The van der Waals surface area contributed by atoms with Crippen molar-refractivity contribution in [3.8, 4) is 6.07 Å². The Morgan fingerprint density at radius 2 is 2.30 bits per heavy atom. The number of nitrogens with zero attached hydrogens (tertiary/aromatic N) is 2. The van der Waals surface area contributed by atoms with Crippen LogP contribution < -0.4 is 0 Å². The quantitative estimate of drug-likeness (QED) is 0.920. The van der Waals surface area contributed by atoms with Crippen LogP contribution in [0, 0.1) is 17.1 Å². The molecule has 2 rings (SSSR count). The third kappa shape index (κ3) is 3.78. The Morgan fingerprint density at radius 1 is 1.50 bits per heavy atom. The van der Waals surface area contributed by atoms with E-state index in [1.165, 1.54) is 12.5 Å². The van der Waals surface area contributed by atoms with Crippen molar-refractivity contribution in [3.05, 3.63) is 35.1 Å². The van der Waals surface area contributed by atoms with Crippen LogP contribution in [0.5, 0.6) is 0 Å². The average molecular weight is 276 g/mol. The van der Waals surface area contributed by atoms with Crippen LogP contribution in [0.1, 0.15) is 43.7 Å². The van der Waals surface area contributed by atoms with Crippen molar-refractivity contribution in [3.63, 3.8) is 0 Å². The molecule has 1 aromatic rings. The van der Waals surface area contributed by atoms with Gasteiger partial charge in [0.25, 0.3) is 0 Å². The molecule has 1 aromatic carbocycles. The van der Waals surface area contributed by atoms with Crippen LogP contribution >= 0.6 is 0 Å². The molecule has 0 saturated carbocycles. The van der Waals surface area contributed by atoms with Crippen molar-refractivity contribution < 1.29 is 9.50 Å². The molecule has 4 heteroatoms. The second-order valence-electron chi connectivity index (χ2n) is 5.63. The van der Waals surface area contributed by atoms with Gasteiger partial charge in [-0.2, -0.15) is 5.26 Å². The van der Waals surface area contributed by atoms with E-state index >= 15 is 0 Å². The SMILES string of the molecule is CC(O)CC1CCCCN1Cc1ccc(F)c(C#N)c1. The van der Waals surface area contributed by atoms with Crippen molar-refractivity contribution in [1.82, 2.24) is 4.90 Å². The summed E-state index contributed by atoms with van der Waals surface area (Å²) in [4.78, 5) is 2.34. The molecule has 108 valence electrons. The molecule has 1 heterocycles. The highest BCUT2D eigenvalue weighted by atomic mass is 19.1. The fourth-order valence-electron chi connectivity index (χ4n) is 2.92. The Kier molecular flexibility index (Phi) is 5.11. The number of halogens is 1. The van der Waals surface area contributed by atoms with Crippen LogP contribution in [0.25, 0.3) is 0 Å².